The van der Waals surface area contributed by atoms with E-state index in [0.717, 1.165) is 20.8 Å². The number of aryl methyl sites for hydroxylation is 3. The minimum Gasteiger partial charge on any atom is -0.339 e. The topological polar surface area (TPSA) is 55.2 Å². The van der Waals surface area contributed by atoms with Crippen LogP contribution in [0.25, 0.3) is 10.2 Å². The van der Waals surface area contributed by atoms with Crippen molar-refractivity contribution in [3.8, 4) is 0 Å². The maximum Gasteiger partial charge on any atom is 0.262 e. The number of thiophene rings is 1. The third kappa shape index (κ3) is 4.08. The molecule has 0 N–H and O–H groups in total. The SMILES string of the molecule is CCN(Cc1cccc(F)c1)C(=O)CCn1cnc2sc(C)c(C)c2c1=O. The van der Waals surface area contributed by atoms with E-state index in [-0.39, 0.29) is 30.2 Å². The Labute approximate surface area is 161 Å². The molecule has 1 aromatic carbocycles. The molecule has 142 valence electrons. The average Bonchev–Trinajstić information content (AvgIpc) is 2.93. The van der Waals surface area contributed by atoms with E-state index in [2.05, 4.69) is 4.98 Å². The summed E-state index contributed by atoms with van der Waals surface area (Å²) in [6, 6.07) is 6.24. The normalized spacial score (nSPS) is 11.1. The summed E-state index contributed by atoms with van der Waals surface area (Å²) in [5, 5.41) is 0.638. The Bertz CT molecular complexity index is 1040. The maximum absolute atomic E-state index is 13.4. The number of carbonyl (C=O) groups excluding carboxylic acids is 1. The van der Waals surface area contributed by atoms with E-state index in [0.29, 0.717) is 18.5 Å². The molecule has 0 fully saturated rings. The van der Waals surface area contributed by atoms with Gasteiger partial charge in [0.2, 0.25) is 5.91 Å². The molecule has 3 aromatic rings. The number of carbonyl (C=O) groups is 1. The molecule has 0 atom stereocenters. The molecule has 0 unspecified atom stereocenters. The van der Waals surface area contributed by atoms with E-state index in [1.54, 1.807) is 17.0 Å². The van der Waals surface area contributed by atoms with Crippen LogP contribution in [0.1, 0.15) is 29.3 Å². The van der Waals surface area contributed by atoms with Gasteiger partial charge in [0.1, 0.15) is 10.6 Å². The predicted octanol–water partition coefficient (Wildman–Crippen LogP) is 3.65. The number of hydrogen-bond donors (Lipinski definition) is 0. The van der Waals surface area contributed by atoms with Gasteiger partial charge in [0, 0.05) is 30.9 Å². The van der Waals surface area contributed by atoms with Gasteiger partial charge in [-0.2, -0.15) is 0 Å². The Morgan fingerprint density at radius 1 is 1.33 bits per heavy atom. The zero-order valence-corrected chi connectivity index (χ0v) is 16.5. The summed E-state index contributed by atoms with van der Waals surface area (Å²) in [5.41, 5.74) is 1.59. The summed E-state index contributed by atoms with van der Waals surface area (Å²) in [7, 11) is 0. The molecule has 5 nitrogen and oxygen atoms in total. The van der Waals surface area contributed by atoms with Crippen LogP contribution in [-0.2, 0) is 17.9 Å². The number of aromatic nitrogens is 2. The highest BCUT2D eigenvalue weighted by Gasteiger charge is 2.15. The van der Waals surface area contributed by atoms with Crippen molar-refractivity contribution >= 4 is 27.5 Å². The molecule has 2 heterocycles. The highest BCUT2D eigenvalue weighted by atomic mass is 32.1. The number of halogens is 1. The van der Waals surface area contributed by atoms with E-state index in [9.17, 15) is 14.0 Å². The fraction of sp³-hybridized carbons (Fsp3) is 0.350. The van der Waals surface area contributed by atoms with Crippen molar-refractivity contribution in [2.75, 3.05) is 6.54 Å². The summed E-state index contributed by atoms with van der Waals surface area (Å²) >= 11 is 1.51. The molecule has 3 rings (SSSR count). The second kappa shape index (κ2) is 8.00. The molecule has 0 bridgehead atoms. The highest BCUT2D eigenvalue weighted by Crippen LogP contribution is 2.25. The van der Waals surface area contributed by atoms with Gasteiger partial charge in [0.15, 0.2) is 0 Å². The number of benzene rings is 1. The first kappa shape index (κ1) is 19.2. The van der Waals surface area contributed by atoms with Gasteiger partial charge in [0.25, 0.3) is 5.56 Å². The first-order valence-corrected chi connectivity index (χ1v) is 9.69. The molecule has 7 heteroatoms. The van der Waals surface area contributed by atoms with Gasteiger partial charge in [-0.15, -0.1) is 11.3 Å². The van der Waals surface area contributed by atoms with Crippen LogP contribution in [0, 0.1) is 19.7 Å². The van der Waals surface area contributed by atoms with Gasteiger partial charge >= 0.3 is 0 Å². The van der Waals surface area contributed by atoms with E-state index >= 15 is 0 Å². The number of rotatable bonds is 6. The number of nitrogens with zero attached hydrogens (tertiary/aromatic N) is 3. The lowest BCUT2D eigenvalue weighted by atomic mass is 10.2. The number of amides is 1. The van der Waals surface area contributed by atoms with Crippen molar-refractivity contribution in [2.45, 2.75) is 40.3 Å². The van der Waals surface area contributed by atoms with Crippen LogP contribution in [0.4, 0.5) is 4.39 Å². The minimum absolute atomic E-state index is 0.0769. The molecule has 0 spiro atoms. The van der Waals surface area contributed by atoms with Crippen LogP contribution < -0.4 is 5.56 Å². The first-order chi connectivity index (χ1) is 12.9. The van der Waals surface area contributed by atoms with E-state index in [1.807, 2.05) is 20.8 Å². The Hall–Kier alpha value is -2.54. The van der Waals surface area contributed by atoms with E-state index in [4.69, 9.17) is 0 Å². The molecule has 0 aliphatic heterocycles. The third-order valence-electron chi connectivity index (χ3n) is 4.72. The van der Waals surface area contributed by atoms with Crippen LogP contribution >= 0.6 is 11.3 Å². The maximum atomic E-state index is 13.4. The Morgan fingerprint density at radius 3 is 2.81 bits per heavy atom. The summed E-state index contributed by atoms with van der Waals surface area (Å²) in [6.45, 7) is 6.92. The van der Waals surface area contributed by atoms with Gasteiger partial charge in [0.05, 0.1) is 11.7 Å². The molecule has 27 heavy (non-hydrogen) atoms. The molecule has 1 amide bonds. The fourth-order valence-electron chi connectivity index (χ4n) is 3.04. The van der Waals surface area contributed by atoms with Crippen molar-refractivity contribution in [2.24, 2.45) is 0 Å². The summed E-state index contributed by atoms with van der Waals surface area (Å²) in [6.07, 6.45) is 1.70. The fourth-order valence-corrected chi connectivity index (χ4v) is 4.02. The lowest BCUT2D eigenvalue weighted by Crippen LogP contribution is -2.32. The van der Waals surface area contributed by atoms with Crippen LogP contribution in [0.2, 0.25) is 0 Å². The van der Waals surface area contributed by atoms with Gasteiger partial charge < -0.3 is 4.90 Å². The molecule has 0 aliphatic rings. The van der Waals surface area contributed by atoms with Crippen molar-refractivity contribution in [1.29, 1.82) is 0 Å². The monoisotopic (exact) mass is 387 g/mol. The van der Waals surface area contributed by atoms with Gasteiger partial charge in [-0.05, 0) is 44.0 Å². The quantitative estimate of drug-likeness (QED) is 0.649. The number of hydrogen-bond acceptors (Lipinski definition) is 4. The van der Waals surface area contributed by atoms with Crippen molar-refractivity contribution in [1.82, 2.24) is 14.5 Å². The van der Waals surface area contributed by atoms with E-state index < -0.39 is 0 Å². The van der Waals surface area contributed by atoms with Gasteiger partial charge in [-0.25, -0.2) is 9.37 Å². The molecular formula is C20H22FN3O2S. The zero-order chi connectivity index (χ0) is 19.6. The van der Waals surface area contributed by atoms with Crippen LogP contribution in [-0.4, -0.2) is 26.9 Å². The van der Waals surface area contributed by atoms with Crippen molar-refractivity contribution in [3.05, 3.63) is 62.8 Å². The van der Waals surface area contributed by atoms with Crippen LogP contribution in [0.5, 0.6) is 0 Å². The van der Waals surface area contributed by atoms with Crippen LogP contribution in [0.15, 0.2) is 35.4 Å². The Kier molecular flexibility index (Phi) is 5.70. The minimum atomic E-state index is -0.316. The largest absolute Gasteiger partial charge is 0.339 e. The summed E-state index contributed by atoms with van der Waals surface area (Å²) < 4.78 is 14.8. The molecular weight excluding hydrogens is 365 g/mol. The van der Waals surface area contributed by atoms with Gasteiger partial charge in [-0.1, -0.05) is 12.1 Å². The molecule has 0 saturated carbocycles. The Morgan fingerprint density at radius 2 is 2.11 bits per heavy atom. The molecule has 0 saturated heterocycles. The van der Waals surface area contributed by atoms with Crippen molar-refractivity contribution < 1.29 is 9.18 Å². The number of fused-ring (bicyclic) bond motifs is 1. The summed E-state index contributed by atoms with van der Waals surface area (Å²) in [4.78, 5) is 33.1. The lowest BCUT2D eigenvalue weighted by molar-refractivity contribution is -0.131. The van der Waals surface area contributed by atoms with Gasteiger partial charge in [-0.3, -0.25) is 14.2 Å². The van der Waals surface area contributed by atoms with Crippen molar-refractivity contribution in [3.63, 3.8) is 0 Å². The zero-order valence-electron chi connectivity index (χ0n) is 15.7. The molecule has 0 radical (unpaired) electrons. The average molecular weight is 387 g/mol. The molecule has 2 aromatic heterocycles. The second-order valence-corrected chi connectivity index (χ2v) is 7.70. The highest BCUT2D eigenvalue weighted by molar-refractivity contribution is 7.18. The third-order valence-corrected chi connectivity index (χ3v) is 5.83. The summed E-state index contributed by atoms with van der Waals surface area (Å²) in [5.74, 6) is -0.393. The second-order valence-electron chi connectivity index (χ2n) is 6.49. The predicted molar refractivity (Wildman–Crippen MR) is 105 cm³/mol. The lowest BCUT2D eigenvalue weighted by Gasteiger charge is -2.21. The van der Waals surface area contributed by atoms with Crippen LogP contribution in [0.3, 0.4) is 0 Å². The van der Waals surface area contributed by atoms with E-state index in [1.165, 1.54) is 34.4 Å². The smallest absolute Gasteiger partial charge is 0.262 e. The first-order valence-electron chi connectivity index (χ1n) is 8.88. The Balaban J connectivity index is 1.72. The molecule has 0 aliphatic carbocycles. The standard InChI is InChI=1S/C20H22FN3O2S/c1-4-23(11-15-6-5-7-16(21)10-15)17(25)8-9-24-12-22-19-18(20(24)26)13(2)14(3)27-19/h5-7,10,12H,4,8-9,11H2,1-3H3.